The van der Waals surface area contributed by atoms with Gasteiger partial charge in [-0.15, -0.1) is 0 Å². The number of aromatic nitrogens is 2. The number of rotatable bonds is 2. The molecule has 17 heavy (non-hydrogen) atoms. The number of aryl methyl sites for hydroxylation is 1. The van der Waals surface area contributed by atoms with Gasteiger partial charge in [-0.3, -0.25) is 9.89 Å². The molecule has 1 heterocycles. The summed E-state index contributed by atoms with van der Waals surface area (Å²) in [6.07, 6.45) is 5.69. The highest BCUT2D eigenvalue weighted by molar-refractivity contribution is 5.99. The average Bonchev–Trinajstić information content (AvgIpc) is 2.58. The zero-order valence-electron chi connectivity index (χ0n) is 10.5. The van der Waals surface area contributed by atoms with Crippen LogP contribution < -0.4 is 11.1 Å². The quantitative estimate of drug-likeness (QED) is 0.731. The number of nitrogens with two attached hydrogens (primary N) is 1. The van der Waals surface area contributed by atoms with Gasteiger partial charge >= 0.3 is 0 Å². The van der Waals surface area contributed by atoms with Gasteiger partial charge in [-0.1, -0.05) is 19.3 Å². The van der Waals surface area contributed by atoms with E-state index in [2.05, 4.69) is 22.4 Å². The van der Waals surface area contributed by atoms with Crippen LogP contribution in [0.1, 0.15) is 55.1 Å². The second-order valence-corrected chi connectivity index (χ2v) is 5.18. The summed E-state index contributed by atoms with van der Waals surface area (Å²) in [4.78, 5) is 12.2. The second-order valence-electron chi connectivity index (χ2n) is 5.18. The summed E-state index contributed by atoms with van der Waals surface area (Å²) in [5.74, 6) is 0.164. The molecule has 0 unspecified atom stereocenters. The van der Waals surface area contributed by atoms with E-state index in [1.807, 2.05) is 6.92 Å². The Morgan fingerprint density at radius 3 is 2.59 bits per heavy atom. The van der Waals surface area contributed by atoms with Crippen LogP contribution in [0.3, 0.4) is 0 Å². The van der Waals surface area contributed by atoms with Crippen molar-refractivity contribution in [1.29, 1.82) is 0 Å². The number of H-pyrrole nitrogens is 1. The largest absolute Gasteiger partial charge is 0.382 e. The van der Waals surface area contributed by atoms with Gasteiger partial charge in [0.25, 0.3) is 5.91 Å². The third-order valence-corrected chi connectivity index (χ3v) is 3.57. The molecule has 1 saturated carbocycles. The maximum absolute atomic E-state index is 12.2. The molecule has 0 aliphatic heterocycles. The van der Waals surface area contributed by atoms with Crippen LogP contribution in [0.15, 0.2) is 0 Å². The first-order valence-corrected chi connectivity index (χ1v) is 6.15. The molecule has 1 aliphatic rings. The Balaban J connectivity index is 2.11. The van der Waals surface area contributed by atoms with Gasteiger partial charge in [0.1, 0.15) is 5.56 Å². The topological polar surface area (TPSA) is 83.8 Å². The van der Waals surface area contributed by atoms with Crippen LogP contribution in [0, 0.1) is 6.92 Å². The van der Waals surface area contributed by atoms with Crippen molar-refractivity contribution >= 4 is 11.7 Å². The Morgan fingerprint density at radius 1 is 1.41 bits per heavy atom. The van der Waals surface area contributed by atoms with E-state index in [0.717, 1.165) is 18.5 Å². The fourth-order valence-corrected chi connectivity index (χ4v) is 2.53. The number of nitrogens with zero attached hydrogens (tertiary/aromatic N) is 1. The highest BCUT2D eigenvalue weighted by Gasteiger charge is 2.30. The fourth-order valence-electron chi connectivity index (χ4n) is 2.53. The molecular formula is C12H20N4O. The van der Waals surface area contributed by atoms with E-state index in [1.165, 1.54) is 19.3 Å². The predicted molar refractivity (Wildman–Crippen MR) is 66.7 cm³/mol. The normalized spacial score (nSPS) is 18.9. The van der Waals surface area contributed by atoms with Crippen molar-refractivity contribution in [1.82, 2.24) is 15.5 Å². The number of nitrogens with one attached hydrogen (secondary N) is 2. The summed E-state index contributed by atoms with van der Waals surface area (Å²) in [5.41, 5.74) is 6.80. The first-order chi connectivity index (χ1) is 8.02. The highest BCUT2D eigenvalue weighted by atomic mass is 16.1. The molecule has 1 aromatic heterocycles. The van der Waals surface area contributed by atoms with Crippen molar-refractivity contribution in [2.75, 3.05) is 5.73 Å². The smallest absolute Gasteiger partial charge is 0.257 e. The van der Waals surface area contributed by atoms with Crippen LogP contribution in [0.4, 0.5) is 5.82 Å². The maximum Gasteiger partial charge on any atom is 0.257 e. The van der Waals surface area contributed by atoms with Gasteiger partial charge in [0.05, 0.1) is 0 Å². The summed E-state index contributed by atoms with van der Waals surface area (Å²) in [7, 11) is 0. The Bertz CT molecular complexity index is 399. The van der Waals surface area contributed by atoms with Crippen molar-refractivity contribution in [2.24, 2.45) is 0 Å². The zero-order chi connectivity index (χ0) is 12.5. The number of aromatic amines is 1. The van der Waals surface area contributed by atoms with Crippen molar-refractivity contribution in [3.05, 3.63) is 11.3 Å². The number of anilines is 1. The second kappa shape index (κ2) is 4.39. The molecule has 5 heteroatoms. The number of hydrogen-bond acceptors (Lipinski definition) is 3. The summed E-state index contributed by atoms with van der Waals surface area (Å²) in [5, 5.41) is 9.68. The number of hydrogen-bond donors (Lipinski definition) is 3. The van der Waals surface area contributed by atoms with Gasteiger partial charge in [-0.05, 0) is 26.7 Å². The number of nitrogen functional groups attached to an aromatic ring is 1. The van der Waals surface area contributed by atoms with Crippen LogP contribution in [0.2, 0.25) is 0 Å². The van der Waals surface area contributed by atoms with E-state index in [4.69, 9.17) is 5.73 Å². The Morgan fingerprint density at radius 2 is 2.06 bits per heavy atom. The molecule has 1 amide bonds. The van der Waals surface area contributed by atoms with E-state index in [0.29, 0.717) is 5.56 Å². The molecule has 0 atom stereocenters. The van der Waals surface area contributed by atoms with Crippen molar-refractivity contribution in [3.63, 3.8) is 0 Å². The standard InChI is InChI=1S/C12H20N4O/c1-8-9(10(13)16-15-8)11(17)14-12(2)6-4-3-5-7-12/h3-7H2,1-2H3,(H,14,17)(H3,13,15,16). The highest BCUT2D eigenvalue weighted by Crippen LogP contribution is 2.28. The molecule has 5 nitrogen and oxygen atoms in total. The van der Waals surface area contributed by atoms with Gasteiger partial charge in [-0.2, -0.15) is 5.10 Å². The average molecular weight is 236 g/mol. The molecule has 94 valence electrons. The van der Waals surface area contributed by atoms with Crippen LogP contribution in [0.5, 0.6) is 0 Å². The first-order valence-electron chi connectivity index (χ1n) is 6.15. The number of amides is 1. The molecule has 0 saturated heterocycles. The molecule has 0 aromatic carbocycles. The third-order valence-electron chi connectivity index (χ3n) is 3.57. The third kappa shape index (κ3) is 2.43. The van der Waals surface area contributed by atoms with E-state index >= 15 is 0 Å². The lowest BCUT2D eigenvalue weighted by Gasteiger charge is -2.34. The van der Waals surface area contributed by atoms with E-state index in [1.54, 1.807) is 0 Å². The Kier molecular flexibility index (Phi) is 3.09. The minimum atomic E-state index is -0.113. The molecule has 4 N–H and O–H groups in total. The molecule has 1 aromatic rings. The van der Waals surface area contributed by atoms with Crippen LogP contribution in [-0.4, -0.2) is 21.6 Å². The minimum absolute atomic E-state index is 0.0918. The van der Waals surface area contributed by atoms with Crippen LogP contribution in [0.25, 0.3) is 0 Å². The van der Waals surface area contributed by atoms with E-state index in [9.17, 15) is 4.79 Å². The van der Waals surface area contributed by atoms with Gasteiger partial charge in [0, 0.05) is 11.2 Å². The minimum Gasteiger partial charge on any atom is -0.382 e. The van der Waals surface area contributed by atoms with Crippen LogP contribution >= 0.6 is 0 Å². The van der Waals surface area contributed by atoms with Crippen molar-refractivity contribution in [3.8, 4) is 0 Å². The summed E-state index contributed by atoms with van der Waals surface area (Å²) in [6, 6.07) is 0. The fraction of sp³-hybridized carbons (Fsp3) is 0.667. The van der Waals surface area contributed by atoms with E-state index < -0.39 is 0 Å². The SMILES string of the molecule is Cc1[nH]nc(N)c1C(=O)NC1(C)CCCCC1. The first kappa shape index (κ1) is 12.0. The number of carbonyl (C=O) groups is 1. The number of carbonyl (C=O) groups excluding carboxylic acids is 1. The van der Waals surface area contributed by atoms with Gasteiger partial charge < -0.3 is 11.1 Å². The Hall–Kier alpha value is -1.52. The van der Waals surface area contributed by atoms with Crippen molar-refractivity contribution < 1.29 is 4.79 Å². The molecule has 0 spiro atoms. The summed E-state index contributed by atoms with van der Waals surface area (Å²) >= 11 is 0. The Labute approximate surface area is 101 Å². The molecule has 1 aliphatic carbocycles. The summed E-state index contributed by atoms with van der Waals surface area (Å²) in [6.45, 7) is 3.91. The predicted octanol–water partition coefficient (Wildman–Crippen LogP) is 1.75. The lowest BCUT2D eigenvalue weighted by Crippen LogP contribution is -2.47. The molecule has 0 radical (unpaired) electrons. The van der Waals surface area contributed by atoms with Gasteiger partial charge in [-0.25, -0.2) is 0 Å². The maximum atomic E-state index is 12.2. The van der Waals surface area contributed by atoms with Crippen LogP contribution in [-0.2, 0) is 0 Å². The van der Waals surface area contributed by atoms with Gasteiger partial charge in [0.2, 0.25) is 0 Å². The zero-order valence-corrected chi connectivity index (χ0v) is 10.5. The van der Waals surface area contributed by atoms with Crippen molar-refractivity contribution in [2.45, 2.75) is 51.5 Å². The lowest BCUT2D eigenvalue weighted by atomic mass is 9.83. The summed E-state index contributed by atoms with van der Waals surface area (Å²) < 4.78 is 0. The molecular weight excluding hydrogens is 216 g/mol. The molecule has 0 bridgehead atoms. The lowest BCUT2D eigenvalue weighted by molar-refractivity contribution is 0.0883. The monoisotopic (exact) mass is 236 g/mol. The van der Waals surface area contributed by atoms with E-state index in [-0.39, 0.29) is 17.3 Å². The molecule has 1 fully saturated rings. The molecule has 2 rings (SSSR count). The van der Waals surface area contributed by atoms with Gasteiger partial charge in [0.15, 0.2) is 5.82 Å².